The van der Waals surface area contributed by atoms with Crippen molar-refractivity contribution in [3.8, 4) is 0 Å². The van der Waals surface area contributed by atoms with E-state index < -0.39 is 5.54 Å². The predicted molar refractivity (Wildman–Crippen MR) is 76.0 cm³/mol. The van der Waals surface area contributed by atoms with E-state index in [0.29, 0.717) is 18.9 Å². The standard InChI is InChI=1S/C14H19N3O2S/c1-3-14(2)13(19)16-11(9-4-5-9)12(18)17(14)7-10-6-15-8-20-10/h6,8-9,11H,3-5,7H2,1-2H3,(H,16,19). The summed E-state index contributed by atoms with van der Waals surface area (Å²) < 4.78 is 0. The molecule has 0 radical (unpaired) electrons. The zero-order chi connectivity index (χ0) is 14.3. The van der Waals surface area contributed by atoms with Gasteiger partial charge in [0.2, 0.25) is 11.8 Å². The topological polar surface area (TPSA) is 62.3 Å². The molecule has 2 fully saturated rings. The van der Waals surface area contributed by atoms with E-state index in [-0.39, 0.29) is 17.9 Å². The summed E-state index contributed by atoms with van der Waals surface area (Å²) in [6.07, 6.45) is 4.45. The highest BCUT2D eigenvalue weighted by Crippen LogP contribution is 2.38. The molecule has 5 nitrogen and oxygen atoms in total. The van der Waals surface area contributed by atoms with E-state index in [1.165, 1.54) is 11.3 Å². The third-order valence-electron chi connectivity index (χ3n) is 4.48. The van der Waals surface area contributed by atoms with Crippen LogP contribution in [0.15, 0.2) is 11.7 Å². The number of hydrogen-bond donors (Lipinski definition) is 1. The van der Waals surface area contributed by atoms with Crippen LogP contribution in [-0.2, 0) is 16.1 Å². The van der Waals surface area contributed by atoms with Crippen molar-refractivity contribution in [1.82, 2.24) is 15.2 Å². The summed E-state index contributed by atoms with van der Waals surface area (Å²) >= 11 is 1.52. The van der Waals surface area contributed by atoms with E-state index in [9.17, 15) is 9.59 Å². The molecule has 1 N–H and O–H groups in total. The molecule has 1 aliphatic heterocycles. The van der Waals surface area contributed by atoms with Crippen molar-refractivity contribution in [3.05, 3.63) is 16.6 Å². The normalized spacial score (nSPS) is 30.5. The molecule has 6 heteroatoms. The van der Waals surface area contributed by atoms with Gasteiger partial charge in [0, 0.05) is 11.1 Å². The predicted octanol–water partition coefficient (Wildman–Crippen LogP) is 1.55. The van der Waals surface area contributed by atoms with E-state index in [4.69, 9.17) is 0 Å². The number of carbonyl (C=O) groups is 2. The quantitative estimate of drug-likeness (QED) is 0.916. The summed E-state index contributed by atoms with van der Waals surface area (Å²) in [6, 6.07) is -0.324. The van der Waals surface area contributed by atoms with Crippen LogP contribution < -0.4 is 5.32 Å². The molecule has 0 aromatic carbocycles. The summed E-state index contributed by atoms with van der Waals surface area (Å²) in [4.78, 5) is 32.0. The monoisotopic (exact) mass is 293 g/mol. The number of nitrogens with zero attached hydrogens (tertiary/aromatic N) is 2. The third-order valence-corrected chi connectivity index (χ3v) is 5.25. The molecule has 2 amide bonds. The molecule has 1 aliphatic carbocycles. The Labute approximate surface area is 122 Å². The van der Waals surface area contributed by atoms with Crippen LogP contribution in [0.25, 0.3) is 0 Å². The van der Waals surface area contributed by atoms with Gasteiger partial charge < -0.3 is 10.2 Å². The number of hydrogen-bond acceptors (Lipinski definition) is 4. The lowest BCUT2D eigenvalue weighted by atomic mass is 9.89. The van der Waals surface area contributed by atoms with Crippen LogP contribution in [0.4, 0.5) is 0 Å². The first kappa shape index (κ1) is 13.5. The van der Waals surface area contributed by atoms with E-state index in [1.807, 2.05) is 13.8 Å². The van der Waals surface area contributed by atoms with Gasteiger partial charge in [0.1, 0.15) is 11.6 Å². The van der Waals surface area contributed by atoms with E-state index >= 15 is 0 Å². The van der Waals surface area contributed by atoms with Crippen molar-refractivity contribution in [2.24, 2.45) is 5.92 Å². The average Bonchev–Trinajstić information content (AvgIpc) is 3.15. The highest BCUT2D eigenvalue weighted by molar-refractivity contribution is 7.09. The SMILES string of the molecule is CCC1(C)C(=O)NC(C2CC2)C(=O)N1Cc1cncs1. The maximum absolute atomic E-state index is 12.7. The fourth-order valence-electron chi connectivity index (χ4n) is 2.72. The van der Waals surface area contributed by atoms with Crippen LogP contribution >= 0.6 is 11.3 Å². The lowest BCUT2D eigenvalue weighted by molar-refractivity contribution is -0.158. The molecule has 2 aliphatic rings. The van der Waals surface area contributed by atoms with Crippen molar-refractivity contribution in [2.75, 3.05) is 0 Å². The zero-order valence-electron chi connectivity index (χ0n) is 11.8. The van der Waals surface area contributed by atoms with Crippen LogP contribution in [0.5, 0.6) is 0 Å². The molecule has 20 heavy (non-hydrogen) atoms. The molecule has 108 valence electrons. The molecule has 2 unspecified atom stereocenters. The van der Waals surface area contributed by atoms with Crippen molar-refractivity contribution < 1.29 is 9.59 Å². The molecule has 2 heterocycles. The first-order chi connectivity index (χ1) is 9.56. The fraction of sp³-hybridized carbons (Fsp3) is 0.643. The molecule has 1 aromatic rings. The largest absolute Gasteiger partial charge is 0.342 e. The highest BCUT2D eigenvalue weighted by Gasteiger charge is 2.52. The van der Waals surface area contributed by atoms with Gasteiger partial charge in [-0.25, -0.2) is 0 Å². The minimum absolute atomic E-state index is 0.0268. The van der Waals surface area contributed by atoms with Gasteiger partial charge in [0.25, 0.3) is 0 Å². The molecular formula is C14H19N3O2S. The molecule has 0 bridgehead atoms. The molecule has 2 atom stereocenters. The van der Waals surface area contributed by atoms with Gasteiger partial charge in [-0.15, -0.1) is 11.3 Å². The maximum atomic E-state index is 12.7. The van der Waals surface area contributed by atoms with Gasteiger partial charge in [-0.2, -0.15) is 0 Å². The Bertz CT molecular complexity index is 527. The Hall–Kier alpha value is -1.43. The number of thiazole rings is 1. The number of amides is 2. The van der Waals surface area contributed by atoms with Crippen molar-refractivity contribution in [3.63, 3.8) is 0 Å². The minimum Gasteiger partial charge on any atom is -0.342 e. The van der Waals surface area contributed by atoms with E-state index in [2.05, 4.69) is 10.3 Å². The first-order valence-corrected chi connectivity index (χ1v) is 7.94. The minimum atomic E-state index is -0.757. The number of aromatic nitrogens is 1. The Morgan fingerprint density at radius 1 is 1.50 bits per heavy atom. The molecule has 1 saturated carbocycles. The fourth-order valence-corrected chi connectivity index (χ4v) is 3.30. The lowest BCUT2D eigenvalue weighted by Gasteiger charge is -2.46. The second kappa shape index (κ2) is 4.84. The van der Waals surface area contributed by atoms with Crippen LogP contribution in [0.3, 0.4) is 0 Å². The zero-order valence-corrected chi connectivity index (χ0v) is 12.6. The number of piperazine rings is 1. The summed E-state index contributed by atoms with van der Waals surface area (Å²) in [7, 11) is 0. The summed E-state index contributed by atoms with van der Waals surface area (Å²) in [5.41, 5.74) is 0.998. The Kier molecular flexibility index (Phi) is 3.28. The smallest absolute Gasteiger partial charge is 0.246 e. The molecule has 1 aromatic heterocycles. The molecule has 0 spiro atoms. The van der Waals surface area contributed by atoms with Gasteiger partial charge in [-0.3, -0.25) is 14.6 Å². The van der Waals surface area contributed by atoms with Crippen LogP contribution in [0.2, 0.25) is 0 Å². The summed E-state index contributed by atoms with van der Waals surface area (Å²) in [5, 5.41) is 2.94. The molecular weight excluding hydrogens is 274 g/mol. The van der Waals surface area contributed by atoms with Crippen LogP contribution in [-0.4, -0.2) is 33.3 Å². The van der Waals surface area contributed by atoms with Crippen LogP contribution in [0.1, 0.15) is 38.0 Å². The van der Waals surface area contributed by atoms with E-state index in [1.54, 1.807) is 16.6 Å². The maximum Gasteiger partial charge on any atom is 0.246 e. The Morgan fingerprint density at radius 2 is 2.25 bits per heavy atom. The van der Waals surface area contributed by atoms with Gasteiger partial charge >= 0.3 is 0 Å². The van der Waals surface area contributed by atoms with Gasteiger partial charge in [0.15, 0.2) is 0 Å². The Balaban J connectivity index is 1.90. The van der Waals surface area contributed by atoms with Gasteiger partial charge in [-0.1, -0.05) is 6.92 Å². The second-order valence-electron chi connectivity index (χ2n) is 5.81. The van der Waals surface area contributed by atoms with E-state index in [0.717, 1.165) is 17.7 Å². The lowest BCUT2D eigenvalue weighted by Crippen LogP contribution is -2.69. The number of rotatable bonds is 4. The molecule has 3 rings (SSSR count). The Morgan fingerprint density at radius 3 is 2.80 bits per heavy atom. The highest BCUT2D eigenvalue weighted by atomic mass is 32.1. The summed E-state index contributed by atoms with van der Waals surface area (Å²) in [6.45, 7) is 4.28. The molecule has 1 saturated heterocycles. The van der Waals surface area contributed by atoms with Crippen molar-refractivity contribution in [1.29, 1.82) is 0 Å². The van der Waals surface area contributed by atoms with Gasteiger partial charge in [0.05, 0.1) is 12.1 Å². The first-order valence-electron chi connectivity index (χ1n) is 7.06. The number of carbonyl (C=O) groups excluding carboxylic acids is 2. The van der Waals surface area contributed by atoms with Crippen molar-refractivity contribution >= 4 is 23.2 Å². The third kappa shape index (κ3) is 2.12. The van der Waals surface area contributed by atoms with Crippen LogP contribution in [0, 0.1) is 5.92 Å². The van der Waals surface area contributed by atoms with Gasteiger partial charge in [-0.05, 0) is 32.1 Å². The summed E-state index contributed by atoms with van der Waals surface area (Å²) in [5.74, 6) is 0.364. The number of nitrogens with one attached hydrogen (secondary N) is 1. The second-order valence-corrected chi connectivity index (χ2v) is 6.78. The van der Waals surface area contributed by atoms with Crippen molar-refractivity contribution in [2.45, 2.75) is 51.2 Å². The average molecular weight is 293 g/mol.